The van der Waals surface area contributed by atoms with Crippen molar-refractivity contribution < 1.29 is 14.3 Å². The van der Waals surface area contributed by atoms with Gasteiger partial charge in [0.15, 0.2) is 5.69 Å². The minimum atomic E-state index is -0.552. The molecular weight excluding hydrogens is 298 g/mol. The first-order chi connectivity index (χ1) is 11.1. The van der Waals surface area contributed by atoms with Gasteiger partial charge in [-0.15, -0.1) is 0 Å². The predicted octanol–water partition coefficient (Wildman–Crippen LogP) is 1.70. The van der Waals surface area contributed by atoms with Crippen LogP contribution in [0.2, 0.25) is 0 Å². The zero-order valence-electron chi connectivity index (χ0n) is 12.5. The summed E-state index contributed by atoms with van der Waals surface area (Å²) in [6, 6.07) is 5.05. The van der Waals surface area contributed by atoms with Gasteiger partial charge in [-0.1, -0.05) is 0 Å². The first-order valence-electron chi connectivity index (χ1n) is 6.75. The van der Waals surface area contributed by atoms with Crippen molar-refractivity contribution in [1.82, 2.24) is 20.2 Å². The summed E-state index contributed by atoms with van der Waals surface area (Å²) in [4.78, 5) is 31.9. The number of rotatable bonds is 3. The fourth-order valence-electron chi connectivity index (χ4n) is 2.05. The Hall–Kier alpha value is -3.29. The van der Waals surface area contributed by atoms with Crippen LogP contribution in [0.25, 0.3) is 10.9 Å². The van der Waals surface area contributed by atoms with E-state index in [1.807, 2.05) is 0 Å². The van der Waals surface area contributed by atoms with Gasteiger partial charge in [0.1, 0.15) is 5.69 Å². The van der Waals surface area contributed by atoms with Gasteiger partial charge >= 0.3 is 5.97 Å². The number of nitrogens with zero attached hydrogens (tertiary/aromatic N) is 3. The number of hydrogen-bond donors (Lipinski definition) is 2. The molecule has 8 nitrogen and oxygen atoms in total. The number of anilines is 1. The minimum Gasteiger partial charge on any atom is -0.464 e. The van der Waals surface area contributed by atoms with Crippen LogP contribution < -0.4 is 5.32 Å². The summed E-state index contributed by atoms with van der Waals surface area (Å²) in [5.74, 6) is -0.941. The highest BCUT2D eigenvalue weighted by Crippen LogP contribution is 2.21. The molecule has 8 heteroatoms. The Morgan fingerprint density at radius 1 is 1.22 bits per heavy atom. The van der Waals surface area contributed by atoms with Crippen LogP contribution in [0.3, 0.4) is 0 Å². The molecule has 0 bridgehead atoms. The average Bonchev–Trinajstić information content (AvgIpc) is 2.98. The predicted molar refractivity (Wildman–Crippen MR) is 82.2 cm³/mol. The number of esters is 1. The fraction of sp³-hybridized carbons (Fsp3) is 0.133. The first kappa shape index (κ1) is 14.6. The molecule has 0 fully saturated rings. The van der Waals surface area contributed by atoms with Crippen molar-refractivity contribution in [1.29, 1.82) is 0 Å². The Bertz CT molecular complexity index is 886. The highest BCUT2D eigenvalue weighted by molar-refractivity contribution is 6.06. The van der Waals surface area contributed by atoms with Crippen LogP contribution in [0.4, 0.5) is 5.69 Å². The Morgan fingerprint density at radius 3 is 2.74 bits per heavy atom. The van der Waals surface area contributed by atoms with Crippen molar-refractivity contribution in [2.75, 3.05) is 12.4 Å². The Morgan fingerprint density at radius 2 is 2.04 bits per heavy atom. The molecule has 0 aliphatic heterocycles. The summed E-state index contributed by atoms with van der Waals surface area (Å²) in [5, 5.41) is 9.92. The standard InChI is InChI=1S/C15H13N5O3/c1-8-6-17-12(7-16-8)14(21)18-9-3-4-11-10(5-9)13(20-19-11)15(22)23-2/h3-7H,1-2H3,(H,18,21)(H,19,20). The van der Waals surface area contributed by atoms with E-state index >= 15 is 0 Å². The SMILES string of the molecule is COC(=O)c1n[nH]c2ccc(NC(=O)c3cnc(C)cn3)cc12. The molecule has 2 aromatic heterocycles. The van der Waals surface area contributed by atoms with E-state index in [1.165, 1.54) is 19.5 Å². The Balaban J connectivity index is 1.89. The lowest BCUT2D eigenvalue weighted by molar-refractivity contribution is 0.0596. The van der Waals surface area contributed by atoms with Gasteiger partial charge in [0, 0.05) is 17.3 Å². The third-order valence-corrected chi connectivity index (χ3v) is 3.21. The van der Waals surface area contributed by atoms with Gasteiger partial charge in [0.05, 0.1) is 24.5 Å². The number of fused-ring (bicyclic) bond motifs is 1. The second kappa shape index (κ2) is 5.84. The van der Waals surface area contributed by atoms with Gasteiger partial charge in [-0.2, -0.15) is 5.10 Å². The number of aromatic nitrogens is 4. The van der Waals surface area contributed by atoms with Crippen molar-refractivity contribution in [2.45, 2.75) is 6.92 Å². The van der Waals surface area contributed by atoms with Crippen LogP contribution in [0.5, 0.6) is 0 Å². The van der Waals surface area contributed by atoms with Gasteiger partial charge in [0.2, 0.25) is 0 Å². The number of carbonyl (C=O) groups excluding carboxylic acids is 2. The van der Waals surface area contributed by atoms with Crippen LogP contribution in [-0.2, 0) is 4.74 Å². The van der Waals surface area contributed by atoms with E-state index in [4.69, 9.17) is 0 Å². The molecule has 2 N–H and O–H groups in total. The summed E-state index contributed by atoms with van der Waals surface area (Å²) >= 11 is 0. The largest absolute Gasteiger partial charge is 0.464 e. The molecule has 0 aliphatic carbocycles. The van der Waals surface area contributed by atoms with Crippen molar-refractivity contribution in [3.8, 4) is 0 Å². The van der Waals surface area contributed by atoms with E-state index in [2.05, 4.69) is 30.2 Å². The average molecular weight is 311 g/mol. The van der Waals surface area contributed by atoms with Gasteiger partial charge in [-0.25, -0.2) is 9.78 Å². The number of aryl methyl sites for hydroxylation is 1. The topological polar surface area (TPSA) is 110 Å². The molecule has 3 rings (SSSR count). The molecule has 0 radical (unpaired) electrons. The van der Waals surface area contributed by atoms with Crippen molar-refractivity contribution >= 4 is 28.5 Å². The lowest BCUT2D eigenvalue weighted by Crippen LogP contribution is -2.14. The summed E-state index contributed by atoms with van der Waals surface area (Å²) in [7, 11) is 1.28. The fourth-order valence-corrected chi connectivity index (χ4v) is 2.05. The van der Waals surface area contributed by atoms with Crippen LogP contribution in [0, 0.1) is 6.92 Å². The zero-order valence-corrected chi connectivity index (χ0v) is 12.5. The molecule has 1 aromatic carbocycles. The lowest BCUT2D eigenvalue weighted by atomic mass is 10.2. The van der Waals surface area contributed by atoms with Gasteiger partial charge in [-0.3, -0.25) is 14.9 Å². The maximum atomic E-state index is 12.1. The van der Waals surface area contributed by atoms with Gasteiger partial charge in [-0.05, 0) is 25.1 Å². The van der Waals surface area contributed by atoms with Crippen LogP contribution in [0.15, 0.2) is 30.6 Å². The normalized spacial score (nSPS) is 10.5. The smallest absolute Gasteiger partial charge is 0.359 e. The number of methoxy groups -OCH3 is 1. The molecule has 23 heavy (non-hydrogen) atoms. The lowest BCUT2D eigenvalue weighted by Gasteiger charge is -2.05. The van der Waals surface area contributed by atoms with Gasteiger partial charge in [0.25, 0.3) is 5.91 Å². The molecule has 3 aromatic rings. The van der Waals surface area contributed by atoms with E-state index in [0.717, 1.165) is 5.69 Å². The molecule has 0 atom stereocenters. The van der Waals surface area contributed by atoms with Crippen molar-refractivity contribution in [3.05, 3.63) is 47.7 Å². The number of aromatic amines is 1. The maximum absolute atomic E-state index is 12.1. The van der Waals surface area contributed by atoms with Crippen LogP contribution >= 0.6 is 0 Å². The second-order valence-electron chi connectivity index (χ2n) is 4.82. The van der Waals surface area contributed by atoms with Crippen molar-refractivity contribution in [2.24, 2.45) is 0 Å². The van der Waals surface area contributed by atoms with Gasteiger partial charge < -0.3 is 10.1 Å². The van der Waals surface area contributed by atoms with Crippen LogP contribution in [-0.4, -0.2) is 39.2 Å². The van der Waals surface area contributed by atoms with Crippen LogP contribution in [0.1, 0.15) is 26.7 Å². The quantitative estimate of drug-likeness (QED) is 0.712. The molecule has 0 spiro atoms. The Kier molecular flexibility index (Phi) is 3.71. The summed E-state index contributed by atoms with van der Waals surface area (Å²) in [6.45, 7) is 1.79. The highest BCUT2D eigenvalue weighted by Gasteiger charge is 2.15. The molecule has 116 valence electrons. The number of nitrogens with one attached hydrogen (secondary N) is 2. The van der Waals surface area contributed by atoms with E-state index in [1.54, 1.807) is 25.1 Å². The summed E-state index contributed by atoms with van der Waals surface area (Å²) < 4.78 is 4.68. The zero-order chi connectivity index (χ0) is 16.4. The van der Waals surface area contributed by atoms with E-state index in [9.17, 15) is 9.59 Å². The summed E-state index contributed by atoms with van der Waals surface area (Å²) in [6.07, 6.45) is 2.92. The number of amides is 1. The highest BCUT2D eigenvalue weighted by atomic mass is 16.5. The molecule has 0 aliphatic rings. The Labute approximate surface area is 130 Å². The molecule has 2 heterocycles. The van der Waals surface area contributed by atoms with E-state index < -0.39 is 5.97 Å². The molecule has 0 saturated heterocycles. The number of H-pyrrole nitrogens is 1. The monoisotopic (exact) mass is 311 g/mol. The number of ether oxygens (including phenoxy) is 1. The van der Waals surface area contributed by atoms with E-state index in [-0.39, 0.29) is 17.3 Å². The molecule has 0 unspecified atom stereocenters. The maximum Gasteiger partial charge on any atom is 0.359 e. The number of hydrogen-bond acceptors (Lipinski definition) is 6. The molecular formula is C15H13N5O3. The van der Waals surface area contributed by atoms with Crippen molar-refractivity contribution in [3.63, 3.8) is 0 Å². The number of carbonyl (C=O) groups is 2. The van der Waals surface area contributed by atoms with E-state index in [0.29, 0.717) is 16.6 Å². The second-order valence-corrected chi connectivity index (χ2v) is 4.82. The first-order valence-corrected chi connectivity index (χ1v) is 6.75. The third kappa shape index (κ3) is 2.86. The molecule has 0 saturated carbocycles. The third-order valence-electron chi connectivity index (χ3n) is 3.21. The minimum absolute atomic E-state index is 0.161. The summed E-state index contributed by atoms with van der Waals surface area (Å²) in [5.41, 5.74) is 2.27. The molecule has 1 amide bonds. The number of benzene rings is 1.